The fourth-order valence-corrected chi connectivity index (χ4v) is 2.44. The summed E-state index contributed by atoms with van der Waals surface area (Å²) in [6.45, 7) is 4.39. The van der Waals surface area contributed by atoms with Crippen LogP contribution in [0.2, 0.25) is 0 Å². The van der Waals surface area contributed by atoms with Crippen molar-refractivity contribution in [3.05, 3.63) is 0 Å². The fourth-order valence-electron chi connectivity index (χ4n) is 2.44. The lowest BCUT2D eigenvalue weighted by molar-refractivity contribution is 0.203. The van der Waals surface area contributed by atoms with Crippen molar-refractivity contribution < 1.29 is 0 Å². The minimum atomic E-state index is 0.0143. The van der Waals surface area contributed by atoms with Crippen LogP contribution in [0.4, 0.5) is 0 Å². The molecule has 1 saturated carbocycles. The molecule has 1 fully saturated rings. The molecule has 0 heterocycles. The Morgan fingerprint density at radius 3 is 2.60 bits per heavy atom. The molecule has 1 rings (SSSR count). The van der Waals surface area contributed by atoms with E-state index in [1.807, 2.05) is 7.05 Å². The Labute approximate surface area is 93.5 Å². The van der Waals surface area contributed by atoms with Crippen molar-refractivity contribution in [3.8, 4) is 6.07 Å². The maximum Gasteiger partial charge on any atom is 0.0962 e. The van der Waals surface area contributed by atoms with E-state index in [1.54, 1.807) is 0 Å². The van der Waals surface area contributed by atoms with Crippen LogP contribution in [0.5, 0.6) is 0 Å². The summed E-state index contributed by atoms with van der Waals surface area (Å²) in [4.78, 5) is 2.54. The van der Waals surface area contributed by atoms with Crippen LogP contribution in [-0.2, 0) is 0 Å². The van der Waals surface area contributed by atoms with E-state index in [9.17, 15) is 0 Å². The van der Waals surface area contributed by atoms with Crippen LogP contribution < -0.4 is 5.32 Å². The molecular formula is C12H23N3. The van der Waals surface area contributed by atoms with E-state index in [0.29, 0.717) is 0 Å². The molecule has 0 radical (unpaired) electrons. The Bertz CT molecular complexity index is 203. The van der Waals surface area contributed by atoms with Crippen LogP contribution in [0.15, 0.2) is 0 Å². The van der Waals surface area contributed by atoms with E-state index in [4.69, 9.17) is 5.26 Å². The molecule has 15 heavy (non-hydrogen) atoms. The zero-order chi connectivity index (χ0) is 11.1. The molecule has 1 aliphatic rings. The first kappa shape index (κ1) is 12.5. The Morgan fingerprint density at radius 1 is 1.47 bits per heavy atom. The molecule has 0 aliphatic heterocycles. The van der Waals surface area contributed by atoms with Gasteiger partial charge < -0.3 is 10.2 Å². The van der Waals surface area contributed by atoms with Crippen LogP contribution in [-0.4, -0.2) is 37.1 Å². The largest absolute Gasteiger partial charge is 0.305 e. The monoisotopic (exact) mass is 209 g/mol. The first-order valence-electron chi connectivity index (χ1n) is 6.12. The van der Waals surface area contributed by atoms with E-state index >= 15 is 0 Å². The molecule has 1 N–H and O–H groups in total. The van der Waals surface area contributed by atoms with Crippen molar-refractivity contribution in [2.45, 2.75) is 51.1 Å². The number of hydrogen-bond donors (Lipinski definition) is 1. The smallest absolute Gasteiger partial charge is 0.0962 e. The molecule has 0 aromatic heterocycles. The molecule has 3 heteroatoms. The van der Waals surface area contributed by atoms with Gasteiger partial charge in [-0.3, -0.25) is 0 Å². The van der Waals surface area contributed by atoms with Gasteiger partial charge in [-0.25, -0.2) is 0 Å². The van der Waals surface area contributed by atoms with Crippen LogP contribution in [0.3, 0.4) is 0 Å². The summed E-state index contributed by atoms with van der Waals surface area (Å²) in [7, 11) is 1.86. The Kier molecular flexibility index (Phi) is 5.67. The van der Waals surface area contributed by atoms with Crippen LogP contribution in [0.25, 0.3) is 0 Å². The minimum Gasteiger partial charge on any atom is -0.305 e. The highest BCUT2D eigenvalue weighted by atomic mass is 15.2. The Morgan fingerprint density at radius 2 is 2.13 bits per heavy atom. The van der Waals surface area contributed by atoms with Gasteiger partial charge >= 0.3 is 0 Å². The highest BCUT2D eigenvalue weighted by Crippen LogP contribution is 2.23. The highest BCUT2D eigenvalue weighted by molar-refractivity contribution is 4.89. The summed E-state index contributed by atoms with van der Waals surface area (Å²) >= 11 is 0. The molecule has 1 unspecified atom stereocenters. The van der Waals surface area contributed by atoms with Gasteiger partial charge in [-0.1, -0.05) is 19.8 Å². The van der Waals surface area contributed by atoms with Crippen molar-refractivity contribution in [2.75, 3.05) is 20.1 Å². The van der Waals surface area contributed by atoms with E-state index < -0.39 is 0 Å². The maximum atomic E-state index is 8.85. The van der Waals surface area contributed by atoms with Gasteiger partial charge in [0, 0.05) is 12.6 Å². The molecule has 0 amide bonds. The molecule has 0 spiro atoms. The number of rotatable bonds is 6. The molecule has 0 saturated heterocycles. The van der Waals surface area contributed by atoms with Gasteiger partial charge in [0.1, 0.15) is 0 Å². The molecule has 0 aromatic rings. The van der Waals surface area contributed by atoms with Gasteiger partial charge in [-0.2, -0.15) is 5.26 Å². The van der Waals surface area contributed by atoms with Gasteiger partial charge in [0.2, 0.25) is 0 Å². The summed E-state index contributed by atoms with van der Waals surface area (Å²) in [6.07, 6.45) is 6.41. The van der Waals surface area contributed by atoms with E-state index in [-0.39, 0.29) is 6.04 Å². The molecule has 0 bridgehead atoms. The van der Waals surface area contributed by atoms with E-state index in [1.165, 1.54) is 25.7 Å². The zero-order valence-corrected chi connectivity index (χ0v) is 10.00. The summed E-state index contributed by atoms with van der Waals surface area (Å²) in [5, 5.41) is 11.9. The summed E-state index contributed by atoms with van der Waals surface area (Å²) in [6, 6.07) is 3.08. The van der Waals surface area contributed by atoms with Crippen molar-refractivity contribution in [1.82, 2.24) is 10.2 Å². The lowest BCUT2D eigenvalue weighted by atomic mass is 10.1. The highest BCUT2D eigenvalue weighted by Gasteiger charge is 2.21. The van der Waals surface area contributed by atoms with Gasteiger partial charge in [0.25, 0.3) is 0 Å². The van der Waals surface area contributed by atoms with Gasteiger partial charge in [0.05, 0.1) is 12.1 Å². The quantitative estimate of drug-likeness (QED) is 0.724. The predicted molar refractivity (Wildman–Crippen MR) is 62.6 cm³/mol. The summed E-state index contributed by atoms with van der Waals surface area (Å²) in [5.74, 6) is 0. The van der Waals surface area contributed by atoms with Gasteiger partial charge in [0.15, 0.2) is 0 Å². The van der Waals surface area contributed by atoms with Gasteiger partial charge in [-0.15, -0.1) is 0 Å². The molecule has 86 valence electrons. The number of hydrogen-bond acceptors (Lipinski definition) is 3. The van der Waals surface area contributed by atoms with E-state index in [2.05, 4.69) is 23.2 Å². The number of nitrogens with one attached hydrogen (secondary N) is 1. The second kappa shape index (κ2) is 6.81. The summed E-state index contributed by atoms with van der Waals surface area (Å²) < 4.78 is 0. The second-order valence-electron chi connectivity index (χ2n) is 4.33. The third kappa shape index (κ3) is 3.81. The SMILES string of the molecule is CCN(CCC(C#N)NC)C1CCCC1. The minimum absolute atomic E-state index is 0.0143. The summed E-state index contributed by atoms with van der Waals surface area (Å²) in [5.41, 5.74) is 0. The third-order valence-electron chi connectivity index (χ3n) is 3.46. The maximum absolute atomic E-state index is 8.85. The molecular weight excluding hydrogens is 186 g/mol. The number of nitrogens with zero attached hydrogens (tertiary/aromatic N) is 2. The molecule has 0 aromatic carbocycles. The molecule has 3 nitrogen and oxygen atoms in total. The first-order valence-corrected chi connectivity index (χ1v) is 6.12. The predicted octanol–water partition coefficient (Wildman–Crippen LogP) is 1.75. The average molecular weight is 209 g/mol. The van der Waals surface area contributed by atoms with Crippen molar-refractivity contribution in [3.63, 3.8) is 0 Å². The van der Waals surface area contributed by atoms with Gasteiger partial charge in [-0.05, 0) is 32.9 Å². The van der Waals surface area contributed by atoms with E-state index in [0.717, 1.165) is 25.6 Å². The Balaban J connectivity index is 2.30. The fraction of sp³-hybridized carbons (Fsp3) is 0.917. The lowest BCUT2D eigenvalue weighted by Crippen LogP contribution is -2.37. The van der Waals surface area contributed by atoms with Crippen molar-refractivity contribution in [1.29, 1.82) is 5.26 Å². The van der Waals surface area contributed by atoms with Crippen LogP contribution >= 0.6 is 0 Å². The normalized spacial score (nSPS) is 19.3. The van der Waals surface area contributed by atoms with Crippen molar-refractivity contribution >= 4 is 0 Å². The lowest BCUT2D eigenvalue weighted by Gasteiger charge is -2.27. The van der Waals surface area contributed by atoms with Crippen LogP contribution in [0.1, 0.15) is 39.0 Å². The average Bonchev–Trinajstić information content (AvgIpc) is 2.78. The third-order valence-corrected chi connectivity index (χ3v) is 3.46. The number of nitriles is 1. The van der Waals surface area contributed by atoms with Crippen LogP contribution in [0, 0.1) is 11.3 Å². The standard InChI is InChI=1S/C12H23N3/c1-3-15(12-6-4-5-7-12)9-8-11(10-13)14-2/h11-12,14H,3-9H2,1-2H3. The topological polar surface area (TPSA) is 39.1 Å². The van der Waals surface area contributed by atoms with Crippen molar-refractivity contribution in [2.24, 2.45) is 0 Å². The first-order chi connectivity index (χ1) is 7.31. The molecule has 1 atom stereocenters. The Hall–Kier alpha value is -0.590. The zero-order valence-electron chi connectivity index (χ0n) is 10.00. The molecule has 1 aliphatic carbocycles. The second-order valence-corrected chi connectivity index (χ2v) is 4.33.